The van der Waals surface area contributed by atoms with Crippen LogP contribution in [0.25, 0.3) is 0 Å². The van der Waals surface area contributed by atoms with Crippen molar-refractivity contribution in [1.29, 1.82) is 0 Å². The summed E-state index contributed by atoms with van der Waals surface area (Å²) in [6, 6.07) is 12.6. The first-order chi connectivity index (χ1) is 12.0. The predicted octanol–water partition coefficient (Wildman–Crippen LogP) is 2.18. The van der Waals surface area contributed by atoms with E-state index in [1.807, 2.05) is 30.3 Å². The maximum atomic E-state index is 12.2. The van der Waals surface area contributed by atoms with Gasteiger partial charge in [0.15, 0.2) is 18.5 Å². The Morgan fingerprint density at radius 3 is 2.40 bits per heavy atom. The molecule has 132 valence electrons. The summed E-state index contributed by atoms with van der Waals surface area (Å²) in [5, 5.41) is 13.8. The number of pyridine rings is 1. The Kier molecular flexibility index (Phi) is 6.51. The van der Waals surface area contributed by atoms with Crippen LogP contribution in [0.4, 0.5) is 0 Å². The molecule has 0 unspecified atom stereocenters. The van der Waals surface area contributed by atoms with Gasteiger partial charge in [0.05, 0.1) is 5.56 Å². The lowest BCUT2D eigenvalue weighted by molar-refractivity contribution is -0.605. The first kappa shape index (κ1) is 18.4. The molecule has 0 aliphatic rings. The van der Waals surface area contributed by atoms with Crippen LogP contribution in [-0.2, 0) is 9.53 Å². The van der Waals surface area contributed by atoms with Crippen LogP contribution in [0.1, 0.15) is 42.1 Å². The standard InChI is InChI=1S/C19H22N2O4/c1-3-15(16-7-5-4-6-8-16)13-20-18(22)14(2)25-19(23)17-9-11-21(24)12-10-17/h4-12,14-15H,3,13H2,1-2H3,(H,20,22)/t14-,15-/m1/s1. The Hall–Kier alpha value is -2.89. The monoisotopic (exact) mass is 342 g/mol. The van der Waals surface area contributed by atoms with E-state index in [9.17, 15) is 14.8 Å². The van der Waals surface area contributed by atoms with E-state index < -0.39 is 12.1 Å². The largest absolute Gasteiger partial charge is 0.619 e. The van der Waals surface area contributed by atoms with Crippen molar-refractivity contribution in [2.24, 2.45) is 0 Å². The second-order valence-corrected chi connectivity index (χ2v) is 5.76. The first-order valence-electron chi connectivity index (χ1n) is 8.23. The van der Waals surface area contributed by atoms with Crippen LogP contribution >= 0.6 is 0 Å². The average Bonchev–Trinajstić information content (AvgIpc) is 2.63. The molecule has 1 aromatic carbocycles. The van der Waals surface area contributed by atoms with Crippen LogP contribution in [0.3, 0.4) is 0 Å². The van der Waals surface area contributed by atoms with Crippen LogP contribution in [0.15, 0.2) is 54.9 Å². The van der Waals surface area contributed by atoms with Crippen molar-refractivity contribution in [3.05, 3.63) is 71.2 Å². The van der Waals surface area contributed by atoms with E-state index in [0.717, 1.165) is 12.0 Å². The van der Waals surface area contributed by atoms with Crippen molar-refractivity contribution >= 4 is 11.9 Å². The number of hydrogen-bond acceptors (Lipinski definition) is 4. The minimum Gasteiger partial charge on any atom is -0.619 e. The molecule has 0 spiro atoms. The number of hydrogen-bond donors (Lipinski definition) is 1. The fourth-order valence-electron chi connectivity index (χ4n) is 2.42. The zero-order valence-corrected chi connectivity index (χ0v) is 14.3. The molecule has 6 heteroatoms. The van der Waals surface area contributed by atoms with Gasteiger partial charge in [0.2, 0.25) is 0 Å². The number of nitrogens with one attached hydrogen (secondary N) is 1. The molecule has 0 saturated heterocycles. The van der Waals surface area contributed by atoms with Crippen molar-refractivity contribution in [3.8, 4) is 0 Å². The molecule has 0 radical (unpaired) electrons. The number of carbonyl (C=O) groups excluding carboxylic acids is 2. The molecule has 25 heavy (non-hydrogen) atoms. The lowest BCUT2D eigenvalue weighted by Crippen LogP contribution is -2.38. The fraction of sp³-hybridized carbons (Fsp3) is 0.316. The lowest BCUT2D eigenvalue weighted by atomic mass is 9.96. The van der Waals surface area contributed by atoms with Crippen LogP contribution in [-0.4, -0.2) is 24.5 Å². The third-order valence-corrected chi connectivity index (χ3v) is 3.98. The summed E-state index contributed by atoms with van der Waals surface area (Å²) in [6.45, 7) is 4.06. The SMILES string of the molecule is CC[C@H](CNC(=O)[C@@H](C)OC(=O)c1cc[n+]([O-])cc1)c1ccccc1. The first-order valence-corrected chi connectivity index (χ1v) is 8.23. The van der Waals surface area contributed by atoms with Crippen LogP contribution in [0, 0.1) is 5.21 Å². The molecule has 1 aromatic heterocycles. The molecular weight excluding hydrogens is 320 g/mol. The Bertz CT molecular complexity index is 701. The third-order valence-electron chi connectivity index (χ3n) is 3.98. The Morgan fingerprint density at radius 2 is 1.80 bits per heavy atom. The zero-order valence-electron chi connectivity index (χ0n) is 14.3. The Labute approximate surface area is 147 Å². The summed E-state index contributed by atoms with van der Waals surface area (Å²) in [6.07, 6.45) is 2.37. The Balaban J connectivity index is 1.87. The van der Waals surface area contributed by atoms with E-state index in [1.165, 1.54) is 31.5 Å². The van der Waals surface area contributed by atoms with Gasteiger partial charge in [-0.3, -0.25) is 4.79 Å². The van der Waals surface area contributed by atoms with E-state index in [4.69, 9.17) is 4.74 Å². The van der Waals surface area contributed by atoms with Gasteiger partial charge in [-0.1, -0.05) is 37.3 Å². The van der Waals surface area contributed by atoms with Crippen LogP contribution in [0.5, 0.6) is 0 Å². The molecule has 1 amide bonds. The molecule has 0 aliphatic carbocycles. The van der Waals surface area contributed by atoms with Gasteiger partial charge in [0.1, 0.15) is 0 Å². The number of carbonyl (C=O) groups is 2. The molecule has 0 aliphatic heterocycles. The van der Waals surface area contributed by atoms with Gasteiger partial charge in [-0.15, -0.1) is 0 Å². The van der Waals surface area contributed by atoms with Crippen molar-refractivity contribution in [1.82, 2.24) is 5.32 Å². The lowest BCUT2D eigenvalue weighted by Gasteiger charge is -2.18. The van der Waals surface area contributed by atoms with Crippen molar-refractivity contribution in [2.75, 3.05) is 6.54 Å². The number of benzene rings is 1. The molecule has 2 rings (SSSR count). The van der Waals surface area contributed by atoms with Crippen LogP contribution < -0.4 is 10.0 Å². The molecule has 0 saturated carbocycles. The van der Waals surface area contributed by atoms with Gasteiger partial charge in [0, 0.05) is 24.6 Å². The van der Waals surface area contributed by atoms with Crippen LogP contribution in [0.2, 0.25) is 0 Å². The van der Waals surface area contributed by atoms with E-state index in [1.54, 1.807) is 0 Å². The van der Waals surface area contributed by atoms with Gasteiger partial charge in [-0.05, 0) is 18.9 Å². The number of aromatic nitrogens is 1. The smallest absolute Gasteiger partial charge is 0.339 e. The van der Waals surface area contributed by atoms with E-state index in [2.05, 4.69) is 12.2 Å². The molecule has 6 nitrogen and oxygen atoms in total. The highest BCUT2D eigenvalue weighted by Crippen LogP contribution is 2.18. The van der Waals surface area contributed by atoms with Crippen molar-refractivity contribution < 1.29 is 19.1 Å². The van der Waals surface area contributed by atoms with E-state index in [-0.39, 0.29) is 17.4 Å². The predicted molar refractivity (Wildman–Crippen MR) is 92.8 cm³/mol. The van der Waals surface area contributed by atoms with Gasteiger partial charge in [-0.25, -0.2) is 4.79 Å². The highest BCUT2D eigenvalue weighted by atomic mass is 16.5. The number of amides is 1. The number of esters is 1. The zero-order chi connectivity index (χ0) is 18.2. The van der Waals surface area contributed by atoms with Gasteiger partial charge in [-0.2, -0.15) is 4.73 Å². The van der Waals surface area contributed by atoms with Gasteiger partial charge < -0.3 is 15.3 Å². The quantitative estimate of drug-likeness (QED) is 0.475. The van der Waals surface area contributed by atoms with Gasteiger partial charge >= 0.3 is 5.97 Å². The maximum Gasteiger partial charge on any atom is 0.339 e. The second-order valence-electron chi connectivity index (χ2n) is 5.76. The van der Waals surface area contributed by atoms with E-state index >= 15 is 0 Å². The second kappa shape index (κ2) is 8.82. The molecule has 0 bridgehead atoms. The van der Waals surface area contributed by atoms with Crippen molar-refractivity contribution in [3.63, 3.8) is 0 Å². The van der Waals surface area contributed by atoms with E-state index in [0.29, 0.717) is 11.3 Å². The minimum atomic E-state index is -0.916. The summed E-state index contributed by atoms with van der Waals surface area (Å²) in [4.78, 5) is 24.1. The summed E-state index contributed by atoms with van der Waals surface area (Å²) in [7, 11) is 0. The highest BCUT2D eigenvalue weighted by molar-refractivity contribution is 5.91. The van der Waals surface area contributed by atoms with Gasteiger partial charge in [0.25, 0.3) is 5.91 Å². The molecule has 1 N–H and O–H groups in total. The van der Waals surface area contributed by atoms with Crippen molar-refractivity contribution in [2.45, 2.75) is 32.3 Å². The molecule has 0 fully saturated rings. The normalized spacial score (nSPS) is 12.9. The minimum absolute atomic E-state index is 0.203. The third kappa shape index (κ3) is 5.31. The summed E-state index contributed by atoms with van der Waals surface area (Å²) in [5.74, 6) is -0.787. The summed E-state index contributed by atoms with van der Waals surface area (Å²) in [5.41, 5.74) is 1.38. The molecule has 2 atom stereocenters. The average molecular weight is 342 g/mol. The number of nitrogens with zero attached hydrogens (tertiary/aromatic N) is 1. The fourth-order valence-corrected chi connectivity index (χ4v) is 2.42. The number of ether oxygens (including phenoxy) is 1. The molecule has 1 heterocycles. The molecular formula is C19H22N2O4. The summed E-state index contributed by atoms with van der Waals surface area (Å²) >= 11 is 0. The Morgan fingerprint density at radius 1 is 1.16 bits per heavy atom. The topological polar surface area (TPSA) is 82.3 Å². The number of rotatable bonds is 7. The maximum absolute atomic E-state index is 12.2. The summed E-state index contributed by atoms with van der Waals surface area (Å²) < 4.78 is 5.72. The highest BCUT2D eigenvalue weighted by Gasteiger charge is 2.20. The molecule has 2 aromatic rings.